The van der Waals surface area contributed by atoms with E-state index in [9.17, 15) is 10.2 Å². The van der Waals surface area contributed by atoms with Crippen LogP contribution in [0.15, 0.2) is 18.2 Å². The highest BCUT2D eigenvalue weighted by atomic mass is 16.5. The van der Waals surface area contributed by atoms with E-state index in [4.69, 9.17) is 9.47 Å². The molecule has 4 heteroatoms. The van der Waals surface area contributed by atoms with Crippen molar-refractivity contribution in [2.45, 2.75) is 71.0 Å². The first-order valence-corrected chi connectivity index (χ1v) is 10.7. The minimum absolute atomic E-state index is 0.288. The second-order valence-corrected chi connectivity index (χ2v) is 8.69. The molecule has 4 rings (SSSR count). The second-order valence-electron chi connectivity index (χ2n) is 8.69. The van der Waals surface area contributed by atoms with Crippen LogP contribution < -0.4 is 9.47 Å². The summed E-state index contributed by atoms with van der Waals surface area (Å²) in [6.45, 7) is 8.58. The van der Waals surface area contributed by atoms with Gasteiger partial charge in [-0.15, -0.1) is 0 Å². The van der Waals surface area contributed by atoms with Crippen LogP contribution in [0.5, 0.6) is 11.5 Å². The number of fused-ring (bicyclic) bond motifs is 6. The number of ether oxygens (including phenoxy) is 2. The zero-order chi connectivity index (χ0) is 20.0. The third kappa shape index (κ3) is 3.17. The first-order chi connectivity index (χ1) is 13.4. The number of aliphatic hydroxyl groups excluding tert-OH is 2. The molecular formula is C24H32O4. The van der Waals surface area contributed by atoms with E-state index in [1.807, 2.05) is 0 Å². The minimum Gasteiger partial charge on any atom is -0.490 e. The summed E-state index contributed by atoms with van der Waals surface area (Å²) in [5, 5.41) is 21.8. The first kappa shape index (κ1) is 19.5. The summed E-state index contributed by atoms with van der Waals surface area (Å²) < 4.78 is 12.5. The molecule has 0 spiro atoms. The van der Waals surface area contributed by atoms with Gasteiger partial charge in [-0.25, -0.2) is 0 Å². The Balaban J connectivity index is 1.96. The average Bonchev–Trinajstić information content (AvgIpc) is 3.16. The number of hydrogen-bond acceptors (Lipinski definition) is 4. The molecule has 2 aliphatic carbocycles. The second kappa shape index (κ2) is 7.57. The molecule has 2 aromatic carbocycles. The van der Waals surface area contributed by atoms with Gasteiger partial charge in [-0.3, -0.25) is 0 Å². The van der Waals surface area contributed by atoms with Crippen LogP contribution in [-0.2, 0) is 6.42 Å². The van der Waals surface area contributed by atoms with Crippen molar-refractivity contribution >= 4 is 10.8 Å². The summed E-state index contributed by atoms with van der Waals surface area (Å²) in [4.78, 5) is 0. The largest absolute Gasteiger partial charge is 0.490 e. The maximum atomic E-state index is 9.84. The van der Waals surface area contributed by atoms with Gasteiger partial charge < -0.3 is 19.7 Å². The van der Waals surface area contributed by atoms with Gasteiger partial charge in [0.1, 0.15) is 24.7 Å². The Labute approximate surface area is 167 Å². The van der Waals surface area contributed by atoms with Gasteiger partial charge >= 0.3 is 0 Å². The number of rotatable bonds is 7. The van der Waals surface area contributed by atoms with Crippen molar-refractivity contribution in [3.63, 3.8) is 0 Å². The van der Waals surface area contributed by atoms with Crippen LogP contribution in [-0.4, -0.2) is 35.6 Å². The monoisotopic (exact) mass is 384 g/mol. The smallest absolute Gasteiger partial charge is 0.131 e. The molecule has 28 heavy (non-hydrogen) atoms. The van der Waals surface area contributed by atoms with Crippen LogP contribution in [0.25, 0.3) is 10.8 Å². The third-order valence-electron chi connectivity index (χ3n) is 6.50. The van der Waals surface area contributed by atoms with Gasteiger partial charge in [0.2, 0.25) is 0 Å². The van der Waals surface area contributed by atoms with Gasteiger partial charge in [0.25, 0.3) is 0 Å². The molecule has 0 amide bonds. The molecule has 152 valence electrons. The molecule has 0 heterocycles. The van der Waals surface area contributed by atoms with Crippen LogP contribution >= 0.6 is 0 Å². The molecule has 2 N–H and O–H groups in total. The molecule has 2 bridgehead atoms. The molecule has 0 saturated heterocycles. The van der Waals surface area contributed by atoms with Gasteiger partial charge in [-0.05, 0) is 62.5 Å². The van der Waals surface area contributed by atoms with Crippen LogP contribution in [0.3, 0.4) is 0 Å². The van der Waals surface area contributed by atoms with E-state index in [1.165, 1.54) is 29.5 Å². The van der Waals surface area contributed by atoms with E-state index >= 15 is 0 Å². The highest BCUT2D eigenvalue weighted by molar-refractivity contribution is 5.97. The summed E-state index contributed by atoms with van der Waals surface area (Å²) in [6.07, 6.45) is 2.29. The molecule has 0 aliphatic heterocycles. The fourth-order valence-electron chi connectivity index (χ4n) is 5.17. The van der Waals surface area contributed by atoms with Crippen LogP contribution in [0.4, 0.5) is 0 Å². The number of aliphatic hydroxyl groups is 2. The zero-order valence-electron chi connectivity index (χ0n) is 17.4. The molecule has 1 saturated carbocycles. The van der Waals surface area contributed by atoms with Crippen molar-refractivity contribution < 1.29 is 19.7 Å². The molecular weight excluding hydrogens is 352 g/mol. The lowest BCUT2D eigenvalue weighted by molar-refractivity contribution is 0.120. The Morgan fingerprint density at radius 1 is 0.929 bits per heavy atom. The Hall–Kier alpha value is -1.78. The highest BCUT2D eigenvalue weighted by Gasteiger charge is 2.48. The lowest BCUT2D eigenvalue weighted by atomic mass is 9.86. The predicted molar refractivity (Wildman–Crippen MR) is 112 cm³/mol. The summed E-state index contributed by atoms with van der Waals surface area (Å²) in [7, 11) is 0. The number of aryl methyl sites for hydroxylation is 1. The average molecular weight is 385 g/mol. The summed E-state index contributed by atoms with van der Waals surface area (Å²) >= 11 is 0. The highest BCUT2D eigenvalue weighted by Crippen LogP contribution is 2.63. The predicted octanol–water partition coefficient (Wildman–Crippen LogP) is 4.53. The lowest BCUT2D eigenvalue weighted by Crippen LogP contribution is -2.17. The van der Waals surface area contributed by atoms with Gasteiger partial charge in [-0.1, -0.05) is 26.0 Å². The van der Waals surface area contributed by atoms with E-state index < -0.39 is 12.2 Å². The van der Waals surface area contributed by atoms with Crippen LogP contribution in [0.1, 0.15) is 69.1 Å². The Kier molecular flexibility index (Phi) is 5.28. The maximum Gasteiger partial charge on any atom is 0.131 e. The topological polar surface area (TPSA) is 58.9 Å². The molecule has 4 nitrogen and oxygen atoms in total. The molecule has 2 aliphatic rings. The fourth-order valence-corrected chi connectivity index (χ4v) is 5.17. The number of benzene rings is 2. The Bertz CT molecular complexity index is 871. The summed E-state index contributed by atoms with van der Waals surface area (Å²) in [5.74, 6) is 3.39. The normalized spacial score (nSPS) is 25.0. The SMILES string of the molecule is CCc1ccc2c(OCC(C)O)c3c(c(OCC(C)O)c2c1)C1CCC3C1C. The van der Waals surface area contributed by atoms with Gasteiger partial charge in [0.05, 0.1) is 12.2 Å². The van der Waals surface area contributed by atoms with Crippen molar-refractivity contribution in [2.75, 3.05) is 13.2 Å². The molecule has 5 atom stereocenters. The van der Waals surface area contributed by atoms with E-state index in [0.717, 1.165) is 28.7 Å². The van der Waals surface area contributed by atoms with Crippen molar-refractivity contribution in [2.24, 2.45) is 5.92 Å². The molecule has 1 fully saturated rings. The molecule has 2 aromatic rings. The quantitative estimate of drug-likeness (QED) is 0.736. The van der Waals surface area contributed by atoms with Crippen molar-refractivity contribution in [3.8, 4) is 11.5 Å². The van der Waals surface area contributed by atoms with E-state index in [0.29, 0.717) is 17.8 Å². The minimum atomic E-state index is -0.512. The Morgan fingerprint density at radius 3 is 1.96 bits per heavy atom. The summed E-state index contributed by atoms with van der Waals surface area (Å²) in [5.41, 5.74) is 3.82. The molecule has 0 radical (unpaired) electrons. The van der Waals surface area contributed by atoms with Crippen LogP contribution in [0, 0.1) is 5.92 Å². The third-order valence-corrected chi connectivity index (χ3v) is 6.50. The fraction of sp³-hybridized carbons (Fsp3) is 0.583. The van der Waals surface area contributed by atoms with Crippen molar-refractivity contribution in [3.05, 3.63) is 34.9 Å². The van der Waals surface area contributed by atoms with Gasteiger partial charge in [0, 0.05) is 21.9 Å². The van der Waals surface area contributed by atoms with Gasteiger partial charge in [-0.2, -0.15) is 0 Å². The maximum absolute atomic E-state index is 9.84. The van der Waals surface area contributed by atoms with Gasteiger partial charge in [0.15, 0.2) is 0 Å². The summed E-state index contributed by atoms with van der Waals surface area (Å²) in [6, 6.07) is 6.50. The van der Waals surface area contributed by atoms with E-state index in [2.05, 4.69) is 32.0 Å². The Morgan fingerprint density at radius 2 is 1.46 bits per heavy atom. The standard InChI is InChI=1S/C24H32O4/c1-5-16-6-7-19-20(10-16)24(28-12-14(3)26)22-18-9-8-17(15(18)4)21(22)23(19)27-11-13(2)25/h6-7,10,13-15,17-18,25-26H,5,8-9,11-12H2,1-4H3. The first-order valence-electron chi connectivity index (χ1n) is 10.7. The van der Waals surface area contributed by atoms with E-state index in [1.54, 1.807) is 13.8 Å². The molecule has 5 unspecified atom stereocenters. The van der Waals surface area contributed by atoms with Crippen molar-refractivity contribution in [1.82, 2.24) is 0 Å². The van der Waals surface area contributed by atoms with Crippen LogP contribution in [0.2, 0.25) is 0 Å². The molecule has 0 aromatic heterocycles. The van der Waals surface area contributed by atoms with Crippen molar-refractivity contribution in [1.29, 1.82) is 0 Å². The van der Waals surface area contributed by atoms with E-state index in [-0.39, 0.29) is 13.2 Å². The zero-order valence-corrected chi connectivity index (χ0v) is 17.4. The lowest BCUT2D eigenvalue weighted by Gasteiger charge is -2.26. The number of hydrogen-bond donors (Lipinski definition) is 2.